The summed E-state index contributed by atoms with van der Waals surface area (Å²) in [6, 6.07) is 10.1. The zero-order chi connectivity index (χ0) is 12.5. The molecule has 2 nitrogen and oxygen atoms in total. The third kappa shape index (κ3) is 2.32. The highest BCUT2D eigenvalue weighted by Crippen LogP contribution is 2.38. The second-order valence-corrected chi connectivity index (χ2v) is 5.86. The Morgan fingerprint density at radius 1 is 1.22 bits per heavy atom. The highest BCUT2D eigenvalue weighted by molar-refractivity contribution is 5.31. The molecular formula is C16H23NO. The maximum atomic E-state index is 5.60. The highest BCUT2D eigenvalue weighted by Gasteiger charge is 2.34. The molecule has 1 aliphatic carbocycles. The van der Waals surface area contributed by atoms with Crippen molar-refractivity contribution in [3.05, 3.63) is 35.4 Å². The molecule has 2 fully saturated rings. The lowest BCUT2D eigenvalue weighted by atomic mass is 9.74. The minimum Gasteiger partial charge on any atom is -0.377 e. The van der Waals surface area contributed by atoms with Gasteiger partial charge in [-0.1, -0.05) is 24.3 Å². The number of ether oxygens (including phenoxy) is 1. The minimum atomic E-state index is 0.391. The minimum absolute atomic E-state index is 0.391. The van der Waals surface area contributed by atoms with E-state index in [0.29, 0.717) is 18.2 Å². The number of rotatable bonds is 3. The second-order valence-electron chi connectivity index (χ2n) is 5.86. The molecule has 1 aromatic carbocycles. The third-order valence-corrected chi connectivity index (χ3v) is 4.59. The molecule has 1 saturated heterocycles. The molecule has 1 aromatic rings. The maximum absolute atomic E-state index is 5.60. The van der Waals surface area contributed by atoms with Crippen molar-refractivity contribution in [2.45, 2.75) is 57.2 Å². The first-order valence-corrected chi connectivity index (χ1v) is 7.17. The number of benzene rings is 1. The number of nitrogens with one attached hydrogen (secondary N) is 1. The Morgan fingerprint density at radius 3 is 2.67 bits per heavy atom. The van der Waals surface area contributed by atoms with Gasteiger partial charge in [0.2, 0.25) is 0 Å². The SMILES string of the molecule is Cc1ccccc1C1CC(NC2CCOC2C)C1. The number of aryl methyl sites for hydroxylation is 1. The van der Waals surface area contributed by atoms with Gasteiger partial charge in [-0.15, -0.1) is 0 Å². The standard InChI is InChI=1S/C16H23NO/c1-11-5-3-4-6-15(11)13-9-14(10-13)17-16-7-8-18-12(16)2/h3-6,12-14,16-17H,7-10H2,1-2H3. The fourth-order valence-corrected chi connectivity index (χ4v) is 3.31. The first-order valence-electron chi connectivity index (χ1n) is 7.17. The summed E-state index contributed by atoms with van der Waals surface area (Å²) in [7, 11) is 0. The molecule has 1 heterocycles. The van der Waals surface area contributed by atoms with Crippen molar-refractivity contribution in [1.82, 2.24) is 5.32 Å². The van der Waals surface area contributed by atoms with Crippen LogP contribution >= 0.6 is 0 Å². The van der Waals surface area contributed by atoms with E-state index in [1.165, 1.54) is 24.8 Å². The molecule has 0 radical (unpaired) electrons. The van der Waals surface area contributed by atoms with Crippen molar-refractivity contribution in [2.75, 3.05) is 6.61 Å². The molecule has 2 atom stereocenters. The van der Waals surface area contributed by atoms with E-state index in [2.05, 4.69) is 43.4 Å². The normalized spacial score (nSPS) is 35.4. The van der Waals surface area contributed by atoms with Gasteiger partial charge in [0.1, 0.15) is 0 Å². The van der Waals surface area contributed by atoms with Gasteiger partial charge in [0.25, 0.3) is 0 Å². The average Bonchev–Trinajstić information content (AvgIpc) is 2.70. The molecule has 0 aromatic heterocycles. The first-order chi connectivity index (χ1) is 8.74. The van der Waals surface area contributed by atoms with E-state index in [1.807, 2.05) is 0 Å². The van der Waals surface area contributed by atoms with Gasteiger partial charge in [-0.3, -0.25) is 0 Å². The average molecular weight is 245 g/mol. The van der Waals surface area contributed by atoms with Crippen LogP contribution in [-0.2, 0) is 4.74 Å². The molecule has 3 rings (SSSR count). The summed E-state index contributed by atoms with van der Waals surface area (Å²) in [4.78, 5) is 0. The molecule has 0 amide bonds. The molecule has 0 bridgehead atoms. The lowest BCUT2D eigenvalue weighted by molar-refractivity contribution is 0.106. The highest BCUT2D eigenvalue weighted by atomic mass is 16.5. The molecule has 0 spiro atoms. The van der Waals surface area contributed by atoms with Crippen LogP contribution in [0.4, 0.5) is 0 Å². The second kappa shape index (κ2) is 5.02. The van der Waals surface area contributed by atoms with E-state index in [1.54, 1.807) is 5.56 Å². The van der Waals surface area contributed by atoms with E-state index < -0.39 is 0 Å². The van der Waals surface area contributed by atoms with Gasteiger partial charge in [0.05, 0.1) is 6.10 Å². The van der Waals surface area contributed by atoms with Crippen LogP contribution in [0.15, 0.2) is 24.3 Å². The van der Waals surface area contributed by atoms with E-state index in [9.17, 15) is 0 Å². The molecule has 2 unspecified atom stereocenters. The summed E-state index contributed by atoms with van der Waals surface area (Å²) in [6.07, 6.45) is 4.14. The predicted molar refractivity (Wildman–Crippen MR) is 73.9 cm³/mol. The Kier molecular flexibility index (Phi) is 3.40. The van der Waals surface area contributed by atoms with E-state index in [4.69, 9.17) is 4.74 Å². The van der Waals surface area contributed by atoms with Crippen LogP contribution in [-0.4, -0.2) is 24.8 Å². The number of hydrogen-bond donors (Lipinski definition) is 1. The van der Waals surface area contributed by atoms with Gasteiger partial charge in [-0.2, -0.15) is 0 Å². The van der Waals surface area contributed by atoms with Crippen LogP contribution in [0, 0.1) is 6.92 Å². The van der Waals surface area contributed by atoms with Crippen LogP contribution in [0.3, 0.4) is 0 Å². The van der Waals surface area contributed by atoms with Crippen molar-refractivity contribution in [3.63, 3.8) is 0 Å². The van der Waals surface area contributed by atoms with Gasteiger partial charge in [-0.25, -0.2) is 0 Å². The van der Waals surface area contributed by atoms with Gasteiger partial charge in [-0.05, 0) is 50.2 Å². The van der Waals surface area contributed by atoms with Crippen LogP contribution in [0.2, 0.25) is 0 Å². The van der Waals surface area contributed by atoms with E-state index in [0.717, 1.165) is 12.5 Å². The summed E-state index contributed by atoms with van der Waals surface area (Å²) >= 11 is 0. The van der Waals surface area contributed by atoms with Gasteiger partial charge < -0.3 is 10.1 Å². The van der Waals surface area contributed by atoms with Crippen molar-refractivity contribution in [1.29, 1.82) is 0 Å². The smallest absolute Gasteiger partial charge is 0.0700 e. The third-order valence-electron chi connectivity index (χ3n) is 4.59. The molecule has 1 aliphatic heterocycles. The summed E-state index contributed by atoms with van der Waals surface area (Å²) < 4.78 is 5.60. The molecule has 1 saturated carbocycles. The molecule has 98 valence electrons. The van der Waals surface area contributed by atoms with E-state index in [-0.39, 0.29) is 0 Å². The van der Waals surface area contributed by atoms with Crippen LogP contribution < -0.4 is 5.32 Å². The Bertz CT molecular complexity index is 411. The Labute approximate surface area is 110 Å². The monoisotopic (exact) mass is 245 g/mol. The summed E-state index contributed by atoms with van der Waals surface area (Å²) in [5, 5.41) is 3.76. The van der Waals surface area contributed by atoms with Crippen molar-refractivity contribution >= 4 is 0 Å². The quantitative estimate of drug-likeness (QED) is 0.884. The molecule has 2 aliphatic rings. The Morgan fingerprint density at radius 2 is 2.00 bits per heavy atom. The van der Waals surface area contributed by atoms with Gasteiger partial charge >= 0.3 is 0 Å². The largest absolute Gasteiger partial charge is 0.377 e. The summed E-state index contributed by atoms with van der Waals surface area (Å²) in [5.74, 6) is 0.765. The van der Waals surface area contributed by atoms with Crippen molar-refractivity contribution < 1.29 is 4.74 Å². The van der Waals surface area contributed by atoms with Crippen LogP contribution in [0.1, 0.15) is 43.2 Å². The topological polar surface area (TPSA) is 21.3 Å². The predicted octanol–water partition coefficient (Wildman–Crippen LogP) is 3.01. The lowest BCUT2D eigenvalue weighted by Gasteiger charge is -2.39. The van der Waals surface area contributed by atoms with Crippen molar-refractivity contribution in [3.8, 4) is 0 Å². The molecular weight excluding hydrogens is 222 g/mol. The van der Waals surface area contributed by atoms with E-state index >= 15 is 0 Å². The number of hydrogen-bond acceptors (Lipinski definition) is 2. The lowest BCUT2D eigenvalue weighted by Crippen LogP contribution is -2.47. The molecule has 18 heavy (non-hydrogen) atoms. The summed E-state index contributed by atoms with van der Waals surface area (Å²) in [6.45, 7) is 5.33. The molecule has 2 heteroatoms. The fraction of sp³-hybridized carbons (Fsp3) is 0.625. The Balaban J connectivity index is 1.53. The van der Waals surface area contributed by atoms with Gasteiger partial charge in [0.15, 0.2) is 0 Å². The fourth-order valence-electron chi connectivity index (χ4n) is 3.31. The Hall–Kier alpha value is -0.860. The molecule has 1 N–H and O–H groups in total. The summed E-state index contributed by atoms with van der Waals surface area (Å²) in [5.41, 5.74) is 2.99. The maximum Gasteiger partial charge on any atom is 0.0700 e. The van der Waals surface area contributed by atoms with Crippen molar-refractivity contribution in [2.24, 2.45) is 0 Å². The first kappa shape index (κ1) is 12.2. The van der Waals surface area contributed by atoms with Crippen LogP contribution in [0.25, 0.3) is 0 Å². The zero-order valence-corrected chi connectivity index (χ0v) is 11.4. The van der Waals surface area contributed by atoms with Crippen LogP contribution in [0.5, 0.6) is 0 Å². The van der Waals surface area contributed by atoms with Gasteiger partial charge in [0, 0.05) is 18.7 Å². The zero-order valence-electron chi connectivity index (χ0n) is 11.4.